The van der Waals surface area contributed by atoms with E-state index >= 15 is 0 Å². The predicted molar refractivity (Wildman–Crippen MR) is 80.3 cm³/mol. The SMILES string of the molecule is CC(C)n1ccc(-c2nnc(NC(=O)c3ccc(F)cc3)o2)n1. The van der Waals surface area contributed by atoms with Crippen molar-refractivity contribution in [1.82, 2.24) is 20.0 Å². The third-order valence-electron chi connectivity index (χ3n) is 3.11. The van der Waals surface area contributed by atoms with Crippen molar-refractivity contribution in [2.45, 2.75) is 19.9 Å². The third kappa shape index (κ3) is 3.25. The molecule has 0 saturated carbocycles. The minimum Gasteiger partial charge on any atom is -0.401 e. The molecule has 0 fully saturated rings. The van der Waals surface area contributed by atoms with Crippen LogP contribution in [0.1, 0.15) is 30.2 Å². The van der Waals surface area contributed by atoms with Gasteiger partial charge in [-0.3, -0.25) is 14.8 Å². The molecule has 0 spiro atoms. The van der Waals surface area contributed by atoms with E-state index in [1.54, 1.807) is 16.9 Å². The number of nitrogens with zero attached hydrogens (tertiary/aromatic N) is 4. The summed E-state index contributed by atoms with van der Waals surface area (Å²) in [4.78, 5) is 12.0. The lowest BCUT2D eigenvalue weighted by atomic mass is 10.2. The highest BCUT2D eigenvalue weighted by atomic mass is 19.1. The van der Waals surface area contributed by atoms with Crippen molar-refractivity contribution < 1.29 is 13.6 Å². The van der Waals surface area contributed by atoms with Crippen LogP contribution in [0.4, 0.5) is 10.4 Å². The van der Waals surface area contributed by atoms with Gasteiger partial charge < -0.3 is 4.42 Å². The van der Waals surface area contributed by atoms with Gasteiger partial charge in [0.2, 0.25) is 0 Å². The zero-order valence-corrected chi connectivity index (χ0v) is 12.5. The number of aromatic nitrogens is 4. The number of carbonyl (C=O) groups is 1. The van der Waals surface area contributed by atoms with Gasteiger partial charge in [0.25, 0.3) is 11.8 Å². The molecule has 118 valence electrons. The summed E-state index contributed by atoms with van der Waals surface area (Å²) >= 11 is 0. The molecule has 8 heteroatoms. The highest BCUT2D eigenvalue weighted by Crippen LogP contribution is 2.19. The summed E-state index contributed by atoms with van der Waals surface area (Å²) in [5.74, 6) is -0.672. The molecule has 3 rings (SSSR count). The number of amides is 1. The second-order valence-electron chi connectivity index (χ2n) is 5.15. The number of benzene rings is 1. The molecule has 2 heterocycles. The highest BCUT2D eigenvalue weighted by molar-refractivity contribution is 6.03. The first-order chi connectivity index (χ1) is 11.0. The molecule has 0 aliphatic heterocycles. The molecule has 0 bridgehead atoms. The van der Waals surface area contributed by atoms with Crippen LogP contribution in [0.15, 0.2) is 40.9 Å². The standard InChI is InChI=1S/C15H14FN5O2/c1-9(2)21-8-7-12(20-21)14-18-19-15(23-14)17-13(22)10-3-5-11(16)6-4-10/h3-9H,1-2H3,(H,17,19,22). The van der Waals surface area contributed by atoms with Crippen molar-refractivity contribution in [2.75, 3.05) is 5.32 Å². The van der Waals surface area contributed by atoms with Crippen molar-refractivity contribution in [3.05, 3.63) is 47.9 Å². The zero-order valence-electron chi connectivity index (χ0n) is 12.5. The van der Waals surface area contributed by atoms with Gasteiger partial charge in [0, 0.05) is 17.8 Å². The first kappa shape index (κ1) is 14.9. The van der Waals surface area contributed by atoms with Crippen LogP contribution in [-0.2, 0) is 0 Å². The maximum atomic E-state index is 12.8. The Morgan fingerprint density at radius 1 is 1.22 bits per heavy atom. The number of anilines is 1. The van der Waals surface area contributed by atoms with Crippen molar-refractivity contribution >= 4 is 11.9 Å². The lowest BCUT2D eigenvalue weighted by Crippen LogP contribution is -2.12. The molecule has 1 amide bonds. The first-order valence-electron chi connectivity index (χ1n) is 6.99. The van der Waals surface area contributed by atoms with Crippen LogP contribution in [0, 0.1) is 5.82 Å². The van der Waals surface area contributed by atoms with Crippen molar-refractivity contribution in [1.29, 1.82) is 0 Å². The van der Waals surface area contributed by atoms with Gasteiger partial charge in [0.05, 0.1) is 0 Å². The zero-order chi connectivity index (χ0) is 16.4. The van der Waals surface area contributed by atoms with E-state index in [9.17, 15) is 9.18 Å². The molecule has 23 heavy (non-hydrogen) atoms. The second-order valence-corrected chi connectivity index (χ2v) is 5.15. The van der Waals surface area contributed by atoms with Gasteiger partial charge in [0.1, 0.15) is 11.5 Å². The molecule has 0 atom stereocenters. The molecular formula is C15H14FN5O2. The topological polar surface area (TPSA) is 85.8 Å². The van der Waals surface area contributed by atoms with Crippen molar-refractivity contribution in [3.8, 4) is 11.6 Å². The van der Waals surface area contributed by atoms with Crippen LogP contribution in [0.3, 0.4) is 0 Å². The Bertz CT molecular complexity index is 823. The number of hydrogen-bond acceptors (Lipinski definition) is 5. The van der Waals surface area contributed by atoms with Crippen LogP contribution in [0.5, 0.6) is 0 Å². The summed E-state index contributed by atoms with van der Waals surface area (Å²) in [7, 11) is 0. The molecule has 0 saturated heterocycles. The largest absolute Gasteiger partial charge is 0.401 e. The van der Waals surface area contributed by atoms with Gasteiger partial charge in [-0.25, -0.2) is 4.39 Å². The number of hydrogen-bond donors (Lipinski definition) is 1. The summed E-state index contributed by atoms with van der Waals surface area (Å²) in [5, 5.41) is 14.4. The number of carbonyl (C=O) groups excluding carboxylic acids is 1. The predicted octanol–water partition coefficient (Wildman–Crippen LogP) is 2.91. The van der Waals surface area contributed by atoms with Gasteiger partial charge in [-0.2, -0.15) is 5.10 Å². The molecular weight excluding hydrogens is 301 g/mol. The van der Waals surface area contributed by atoms with E-state index in [0.717, 1.165) is 0 Å². The Morgan fingerprint density at radius 3 is 2.61 bits per heavy atom. The van der Waals surface area contributed by atoms with E-state index in [4.69, 9.17) is 4.42 Å². The van der Waals surface area contributed by atoms with Gasteiger partial charge >= 0.3 is 6.01 Å². The fourth-order valence-electron chi connectivity index (χ4n) is 1.89. The maximum Gasteiger partial charge on any atom is 0.322 e. The molecule has 1 aromatic carbocycles. The molecule has 2 aromatic heterocycles. The van der Waals surface area contributed by atoms with E-state index < -0.39 is 11.7 Å². The first-order valence-corrected chi connectivity index (χ1v) is 6.99. The lowest BCUT2D eigenvalue weighted by molar-refractivity contribution is 0.102. The number of nitrogens with one attached hydrogen (secondary N) is 1. The van der Waals surface area contributed by atoms with E-state index in [1.807, 2.05) is 13.8 Å². The molecule has 7 nitrogen and oxygen atoms in total. The van der Waals surface area contributed by atoms with Crippen LogP contribution >= 0.6 is 0 Å². The average molecular weight is 315 g/mol. The van der Waals surface area contributed by atoms with Gasteiger partial charge in [-0.15, -0.1) is 5.10 Å². The molecule has 1 N–H and O–H groups in total. The van der Waals surface area contributed by atoms with Crippen molar-refractivity contribution in [2.24, 2.45) is 0 Å². The molecule has 0 aliphatic rings. The number of halogens is 1. The van der Waals surface area contributed by atoms with Crippen LogP contribution in [0.2, 0.25) is 0 Å². The Kier molecular flexibility index (Phi) is 3.88. The number of rotatable bonds is 4. The van der Waals surface area contributed by atoms with Gasteiger partial charge in [0.15, 0.2) is 0 Å². The van der Waals surface area contributed by atoms with E-state index in [1.165, 1.54) is 24.3 Å². The van der Waals surface area contributed by atoms with Gasteiger partial charge in [-0.05, 0) is 44.2 Å². The minimum atomic E-state index is -0.465. The quantitative estimate of drug-likeness (QED) is 0.800. The Hall–Kier alpha value is -3.03. The lowest BCUT2D eigenvalue weighted by Gasteiger charge is -2.02. The van der Waals surface area contributed by atoms with Gasteiger partial charge in [-0.1, -0.05) is 5.10 Å². The molecule has 0 radical (unpaired) electrons. The monoisotopic (exact) mass is 315 g/mol. The molecule has 0 aliphatic carbocycles. The van der Waals surface area contributed by atoms with Crippen LogP contribution < -0.4 is 5.32 Å². The summed E-state index contributed by atoms with van der Waals surface area (Å²) in [6.07, 6.45) is 1.81. The molecule has 3 aromatic rings. The summed E-state index contributed by atoms with van der Waals surface area (Å²) in [6.45, 7) is 4.00. The highest BCUT2D eigenvalue weighted by Gasteiger charge is 2.15. The fraction of sp³-hybridized carbons (Fsp3) is 0.200. The average Bonchev–Trinajstić information content (AvgIpc) is 3.16. The summed E-state index contributed by atoms with van der Waals surface area (Å²) < 4.78 is 20.0. The Balaban J connectivity index is 1.73. The maximum absolute atomic E-state index is 12.8. The molecule has 0 unspecified atom stereocenters. The van der Waals surface area contributed by atoms with E-state index in [2.05, 4.69) is 20.6 Å². The van der Waals surface area contributed by atoms with Crippen molar-refractivity contribution in [3.63, 3.8) is 0 Å². The summed E-state index contributed by atoms with van der Waals surface area (Å²) in [6, 6.07) is 7.05. The Morgan fingerprint density at radius 2 is 1.96 bits per heavy atom. The smallest absolute Gasteiger partial charge is 0.322 e. The third-order valence-corrected chi connectivity index (χ3v) is 3.11. The van der Waals surface area contributed by atoms with Crippen LogP contribution in [-0.4, -0.2) is 25.9 Å². The Labute approximate surface area is 131 Å². The van der Waals surface area contributed by atoms with E-state index in [0.29, 0.717) is 5.69 Å². The second kappa shape index (κ2) is 5.99. The summed E-state index contributed by atoms with van der Waals surface area (Å²) in [5.41, 5.74) is 0.809. The normalized spacial score (nSPS) is 11.0. The van der Waals surface area contributed by atoms with E-state index in [-0.39, 0.29) is 23.5 Å². The fourth-order valence-corrected chi connectivity index (χ4v) is 1.89. The van der Waals surface area contributed by atoms with Crippen LogP contribution in [0.25, 0.3) is 11.6 Å². The minimum absolute atomic E-state index is 0.0478.